The number of carbonyl (C=O) groups excluding carboxylic acids is 1. The van der Waals surface area contributed by atoms with E-state index in [1.54, 1.807) is 6.07 Å². The van der Waals surface area contributed by atoms with Gasteiger partial charge in [-0.15, -0.1) is 0 Å². The van der Waals surface area contributed by atoms with Gasteiger partial charge in [-0.3, -0.25) is 9.59 Å². The van der Waals surface area contributed by atoms with E-state index in [0.29, 0.717) is 24.2 Å². The highest BCUT2D eigenvalue weighted by Crippen LogP contribution is 2.46. The van der Waals surface area contributed by atoms with Crippen LogP contribution in [-0.4, -0.2) is 65.9 Å². The summed E-state index contributed by atoms with van der Waals surface area (Å²) in [6.07, 6.45) is 1.46. The molecule has 1 aromatic carbocycles. The lowest BCUT2D eigenvalue weighted by molar-refractivity contribution is -0.133. The molecular weight excluding hydrogens is 354 g/mol. The summed E-state index contributed by atoms with van der Waals surface area (Å²) in [5, 5.41) is 0. The maximum atomic E-state index is 13.0. The molecule has 0 bridgehead atoms. The van der Waals surface area contributed by atoms with Crippen molar-refractivity contribution in [2.45, 2.75) is 13.0 Å². The Morgan fingerprint density at radius 3 is 2.75 bits per heavy atom. The molecule has 0 spiro atoms. The molecule has 0 saturated carbocycles. The molecule has 2 aromatic rings. The van der Waals surface area contributed by atoms with Gasteiger partial charge < -0.3 is 19.7 Å². The quantitative estimate of drug-likeness (QED) is 0.864. The van der Waals surface area contributed by atoms with Crippen molar-refractivity contribution < 1.29 is 4.79 Å². The predicted molar refractivity (Wildman–Crippen MR) is 108 cm³/mol. The average Bonchev–Trinajstić information content (AvgIpc) is 3.20. The number of rotatable bonds is 4. The van der Waals surface area contributed by atoms with E-state index in [1.165, 1.54) is 17.5 Å². The van der Waals surface area contributed by atoms with Crippen LogP contribution in [-0.2, 0) is 4.79 Å². The standard InChI is InChI=1S/C21H27N5O2/c1-14-6-4-5-7-16(14)21-17-11-25(18-8-19(27)23-13-22-18)9-15(17)10-26(21)20(28)12-24(2)3/h4-8,13,15,17,21H,9-12H2,1-3H3,(H,22,23,27)/t15-,17-,21+/m1/s1. The third-order valence-electron chi connectivity index (χ3n) is 5.93. The van der Waals surface area contributed by atoms with Crippen molar-refractivity contribution in [1.82, 2.24) is 19.8 Å². The number of anilines is 1. The first-order valence-corrected chi connectivity index (χ1v) is 9.73. The smallest absolute Gasteiger partial charge is 0.252 e. The second-order valence-electron chi connectivity index (χ2n) is 8.18. The Balaban J connectivity index is 1.65. The van der Waals surface area contributed by atoms with Gasteiger partial charge in [0.05, 0.1) is 18.9 Å². The maximum Gasteiger partial charge on any atom is 0.252 e. The summed E-state index contributed by atoms with van der Waals surface area (Å²) in [5.41, 5.74) is 2.30. The minimum atomic E-state index is -0.139. The molecule has 2 aliphatic rings. The Morgan fingerprint density at radius 1 is 1.25 bits per heavy atom. The number of nitrogens with one attached hydrogen (secondary N) is 1. The predicted octanol–water partition coefficient (Wildman–Crippen LogP) is 1.28. The Labute approximate surface area is 165 Å². The van der Waals surface area contributed by atoms with Crippen LogP contribution in [0.25, 0.3) is 0 Å². The minimum Gasteiger partial charge on any atom is -0.356 e. The fourth-order valence-electron chi connectivity index (χ4n) is 4.70. The lowest BCUT2D eigenvalue weighted by atomic mass is 9.87. The number of hydrogen-bond donors (Lipinski definition) is 1. The zero-order chi connectivity index (χ0) is 19.8. The van der Waals surface area contributed by atoms with Crippen LogP contribution < -0.4 is 10.5 Å². The van der Waals surface area contributed by atoms with Crippen molar-refractivity contribution in [3.8, 4) is 0 Å². The molecule has 2 fully saturated rings. The number of aryl methyl sites for hydroxylation is 1. The molecule has 1 amide bonds. The van der Waals surface area contributed by atoms with Crippen LogP contribution in [0.1, 0.15) is 17.2 Å². The minimum absolute atomic E-state index is 0.0608. The molecule has 4 rings (SSSR count). The third kappa shape index (κ3) is 3.42. The highest BCUT2D eigenvalue weighted by atomic mass is 16.2. The van der Waals surface area contributed by atoms with Gasteiger partial charge in [0.1, 0.15) is 5.82 Å². The number of amides is 1. The first kappa shape index (κ1) is 18.7. The summed E-state index contributed by atoms with van der Waals surface area (Å²) < 4.78 is 0. The van der Waals surface area contributed by atoms with E-state index in [4.69, 9.17) is 0 Å². The Morgan fingerprint density at radius 2 is 2.04 bits per heavy atom. The number of H-pyrrole nitrogens is 1. The molecule has 3 heterocycles. The largest absolute Gasteiger partial charge is 0.356 e. The van der Waals surface area contributed by atoms with Gasteiger partial charge in [-0.25, -0.2) is 4.98 Å². The molecule has 7 heteroatoms. The maximum absolute atomic E-state index is 13.0. The van der Waals surface area contributed by atoms with Crippen molar-refractivity contribution in [3.05, 3.63) is 58.1 Å². The van der Waals surface area contributed by atoms with E-state index in [-0.39, 0.29) is 17.5 Å². The van der Waals surface area contributed by atoms with Crippen LogP contribution in [0, 0.1) is 18.8 Å². The van der Waals surface area contributed by atoms with Gasteiger partial charge >= 0.3 is 0 Å². The molecule has 2 saturated heterocycles. The number of aromatic amines is 1. The van der Waals surface area contributed by atoms with E-state index in [9.17, 15) is 9.59 Å². The summed E-state index contributed by atoms with van der Waals surface area (Å²) >= 11 is 0. The van der Waals surface area contributed by atoms with Crippen LogP contribution in [0.2, 0.25) is 0 Å². The Hall–Kier alpha value is -2.67. The van der Waals surface area contributed by atoms with E-state index < -0.39 is 0 Å². The monoisotopic (exact) mass is 381 g/mol. The number of hydrogen-bond acceptors (Lipinski definition) is 5. The van der Waals surface area contributed by atoms with E-state index in [1.807, 2.05) is 25.1 Å². The lowest BCUT2D eigenvalue weighted by Gasteiger charge is -2.32. The zero-order valence-corrected chi connectivity index (χ0v) is 16.6. The van der Waals surface area contributed by atoms with Crippen LogP contribution in [0.5, 0.6) is 0 Å². The van der Waals surface area contributed by atoms with Crippen molar-refractivity contribution in [3.63, 3.8) is 0 Å². The normalized spacial score (nSPS) is 24.1. The van der Waals surface area contributed by atoms with Crippen LogP contribution >= 0.6 is 0 Å². The van der Waals surface area contributed by atoms with Crippen molar-refractivity contribution >= 4 is 11.7 Å². The summed E-state index contributed by atoms with van der Waals surface area (Å²) in [7, 11) is 3.86. The van der Waals surface area contributed by atoms with Crippen LogP contribution in [0.15, 0.2) is 41.5 Å². The van der Waals surface area contributed by atoms with Gasteiger partial charge in [-0.05, 0) is 32.1 Å². The van der Waals surface area contributed by atoms with E-state index in [0.717, 1.165) is 19.6 Å². The lowest BCUT2D eigenvalue weighted by Crippen LogP contribution is -2.40. The zero-order valence-electron chi connectivity index (χ0n) is 16.6. The number of aromatic nitrogens is 2. The van der Waals surface area contributed by atoms with E-state index in [2.05, 4.69) is 44.9 Å². The van der Waals surface area contributed by atoms with Gasteiger partial charge in [0.2, 0.25) is 5.91 Å². The molecule has 3 atom stereocenters. The first-order valence-electron chi connectivity index (χ1n) is 9.73. The summed E-state index contributed by atoms with van der Waals surface area (Å²) in [4.78, 5) is 37.8. The van der Waals surface area contributed by atoms with Crippen molar-refractivity contribution in [2.24, 2.45) is 11.8 Å². The molecule has 0 unspecified atom stereocenters. The van der Waals surface area contributed by atoms with Gasteiger partial charge in [0, 0.05) is 37.5 Å². The number of likely N-dealkylation sites (tertiary alicyclic amines) is 1. The number of nitrogens with zero attached hydrogens (tertiary/aromatic N) is 4. The molecule has 28 heavy (non-hydrogen) atoms. The highest BCUT2D eigenvalue weighted by Gasteiger charge is 2.49. The summed E-state index contributed by atoms with van der Waals surface area (Å²) in [6.45, 7) is 4.89. The van der Waals surface area contributed by atoms with Gasteiger partial charge in [-0.2, -0.15) is 0 Å². The molecule has 2 aliphatic heterocycles. The summed E-state index contributed by atoms with van der Waals surface area (Å²) in [6, 6.07) is 9.96. The molecular formula is C21H27N5O2. The van der Waals surface area contributed by atoms with Crippen LogP contribution in [0.4, 0.5) is 5.82 Å². The number of benzene rings is 1. The Bertz CT molecular complexity index is 925. The second-order valence-corrected chi connectivity index (χ2v) is 8.18. The SMILES string of the molecule is Cc1ccccc1[C@H]1[C@@H]2CN(c3cc(=O)[nH]cn3)C[C@@H]2CN1C(=O)CN(C)C. The fraction of sp³-hybridized carbons (Fsp3) is 0.476. The molecule has 0 radical (unpaired) electrons. The molecule has 1 N–H and O–H groups in total. The average molecular weight is 381 g/mol. The number of fused-ring (bicyclic) bond motifs is 1. The molecule has 0 aliphatic carbocycles. The molecule has 7 nitrogen and oxygen atoms in total. The van der Waals surface area contributed by atoms with E-state index >= 15 is 0 Å². The van der Waals surface area contributed by atoms with Gasteiger partial charge in [0.25, 0.3) is 5.56 Å². The second kappa shape index (κ2) is 7.39. The van der Waals surface area contributed by atoms with Gasteiger partial charge in [0.15, 0.2) is 0 Å². The third-order valence-corrected chi connectivity index (χ3v) is 5.93. The highest BCUT2D eigenvalue weighted by molar-refractivity contribution is 5.79. The van der Waals surface area contributed by atoms with Crippen molar-refractivity contribution in [2.75, 3.05) is 45.2 Å². The fourth-order valence-corrected chi connectivity index (χ4v) is 4.70. The number of carbonyl (C=O) groups is 1. The molecule has 1 aromatic heterocycles. The van der Waals surface area contributed by atoms with Gasteiger partial charge in [-0.1, -0.05) is 24.3 Å². The van der Waals surface area contributed by atoms with Crippen LogP contribution in [0.3, 0.4) is 0 Å². The first-order chi connectivity index (χ1) is 13.4. The number of likely N-dealkylation sites (N-methyl/N-ethyl adjacent to an activating group) is 1. The van der Waals surface area contributed by atoms with Crippen molar-refractivity contribution in [1.29, 1.82) is 0 Å². The topological polar surface area (TPSA) is 72.5 Å². The molecule has 148 valence electrons. The summed E-state index contributed by atoms with van der Waals surface area (Å²) in [5.74, 6) is 1.59. The Kier molecular flexibility index (Phi) is 4.93.